The highest BCUT2D eigenvalue weighted by molar-refractivity contribution is 7.11. The number of nitrogens with zero attached hydrogens (tertiary/aromatic N) is 3. The first kappa shape index (κ1) is 12.1. The van der Waals surface area contributed by atoms with Gasteiger partial charge in [-0.2, -0.15) is 4.37 Å². The Morgan fingerprint density at radius 1 is 1.53 bits per heavy atom. The minimum Gasteiger partial charge on any atom is -0.382 e. The third kappa shape index (κ3) is 2.20. The van der Waals surface area contributed by atoms with Crippen molar-refractivity contribution in [1.29, 1.82) is 0 Å². The number of rotatable bonds is 2. The average molecular weight is 255 g/mol. The molecule has 1 aliphatic heterocycles. The number of anilines is 2. The number of primary amides is 1. The molecule has 1 atom stereocenters. The summed E-state index contributed by atoms with van der Waals surface area (Å²) in [6.07, 6.45) is 0. The molecule has 1 aliphatic rings. The predicted octanol–water partition coefficient (Wildman–Crippen LogP) is -0.0355. The smallest absolute Gasteiger partial charge is 0.255 e. The van der Waals surface area contributed by atoms with E-state index in [0.717, 1.165) is 24.6 Å². The largest absolute Gasteiger partial charge is 0.382 e. The van der Waals surface area contributed by atoms with E-state index >= 15 is 0 Å². The summed E-state index contributed by atoms with van der Waals surface area (Å²) in [4.78, 5) is 15.8. The maximum atomic E-state index is 11.4. The molecule has 94 valence electrons. The van der Waals surface area contributed by atoms with E-state index < -0.39 is 5.91 Å². The molecule has 1 amide bonds. The van der Waals surface area contributed by atoms with Crippen LogP contribution in [-0.4, -0.2) is 47.9 Å². The van der Waals surface area contributed by atoms with Gasteiger partial charge in [-0.15, -0.1) is 0 Å². The fraction of sp³-hybridized carbons (Fsp3) is 0.600. The van der Waals surface area contributed by atoms with Crippen molar-refractivity contribution >= 4 is 28.3 Å². The number of hydrogen-bond acceptors (Lipinski definition) is 6. The SMILES string of the molecule is CC1CN(c2snc(N)c2C(N)=O)CCN1C. The first-order valence-electron chi connectivity index (χ1n) is 5.51. The Kier molecular flexibility index (Phi) is 3.21. The highest BCUT2D eigenvalue weighted by Gasteiger charge is 2.27. The number of hydrogen-bond donors (Lipinski definition) is 2. The third-order valence-electron chi connectivity index (χ3n) is 3.19. The second-order valence-electron chi connectivity index (χ2n) is 4.39. The summed E-state index contributed by atoms with van der Waals surface area (Å²) in [7, 11) is 2.10. The molecule has 1 aromatic rings. The number of amides is 1. The van der Waals surface area contributed by atoms with Crippen LogP contribution in [0.4, 0.5) is 10.8 Å². The molecule has 1 unspecified atom stereocenters. The van der Waals surface area contributed by atoms with E-state index in [1.54, 1.807) is 0 Å². The lowest BCUT2D eigenvalue weighted by molar-refractivity contribution is 0.100. The van der Waals surface area contributed by atoms with Crippen LogP contribution in [0, 0.1) is 0 Å². The molecule has 6 nitrogen and oxygen atoms in total. The van der Waals surface area contributed by atoms with Crippen LogP contribution in [0.25, 0.3) is 0 Å². The Bertz CT molecular complexity index is 432. The molecule has 4 N–H and O–H groups in total. The lowest BCUT2D eigenvalue weighted by Crippen LogP contribution is -2.50. The molecule has 2 heterocycles. The van der Waals surface area contributed by atoms with E-state index in [1.807, 2.05) is 0 Å². The van der Waals surface area contributed by atoms with Gasteiger partial charge in [-0.1, -0.05) is 0 Å². The van der Waals surface area contributed by atoms with E-state index in [9.17, 15) is 4.79 Å². The number of likely N-dealkylation sites (N-methyl/N-ethyl adjacent to an activating group) is 1. The van der Waals surface area contributed by atoms with E-state index in [-0.39, 0.29) is 5.82 Å². The van der Waals surface area contributed by atoms with Crippen LogP contribution in [0.1, 0.15) is 17.3 Å². The summed E-state index contributed by atoms with van der Waals surface area (Å²) in [5.41, 5.74) is 11.4. The van der Waals surface area contributed by atoms with E-state index in [4.69, 9.17) is 11.5 Å². The van der Waals surface area contributed by atoms with Gasteiger partial charge in [0.2, 0.25) is 0 Å². The lowest BCUT2D eigenvalue weighted by atomic mass is 10.2. The van der Waals surface area contributed by atoms with Gasteiger partial charge < -0.3 is 21.3 Å². The number of carbonyl (C=O) groups excluding carboxylic acids is 1. The van der Waals surface area contributed by atoms with E-state index in [1.165, 1.54) is 11.5 Å². The molecular weight excluding hydrogens is 238 g/mol. The number of carbonyl (C=O) groups is 1. The van der Waals surface area contributed by atoms with Crippen LogP contribution in [0.3, 0.4) is 0 Å². The molecule has 17 heavy (non-hydrogen) atoms. The molecule has 0 spiro atoms. The van der Waals surface area contributed by atoms with E-state index in [2.05, 4.69) is 28.1 Å². The van der Waals surface area contributed by atoms with E-state index in [0.29, 0.717) is 11.6 Å². The lowest BCUT2D eigenvalue weighted by Gasteiger charge is -2.38. The Morgan fingerprint density at radius 3 is 2.82 bits per heavy atom. The van der Waals surface area contributed by atoms with Gasteiger partial charge in [0.05, 0.1) is 0 Å². The Hall–Kier alpha value is -1.34. The molecule has 0 bridgehead atoms. The quantitative estimate of drug-likeness (QED) is 0.774. The normalized spacial score (nSPS) is 21.8. The first-order chi connectivity index (χ1) is 8.00. The van der Waals surface area contributed by atoms with Crippen LogP contribution in [-0.2, 0) is 0 Å². The van der Waals surface area contributed by atoms with Gasteiger partial charge in [0.1, 0.15) is 10.6 Å². The highest BCUT2D eigenvalue weighted by Crippen LogP contribution is 2.31. The number of piperazine rings is 1. The zero-order valence-electron chi connectivity index (χ0n) is 10.0. The van der Waals surface area contributed by atoms with Gasteiger partial charge in [0.15, 0.2) is 5.82 Å². The average Bonchev–Trinajstić information content (AvgIpc) is 2.64. The minimum absolute atomic E-state index is 0.240. The fourth-order valence-electron chi connectivity index (χ4n) is 1.97. The summed E-state index contributed by atoms with van der Waals surface area (Å²) < 4.78 is 4.02. The van der Waals surface area contributed by atoms with Crippen molar-refractivity contribution in [2.45, 2.75) is 13.0 Å². The van der Waals surface area contributed by atoms with Gasteiger partial charge in [-0.25, -0.2) is 0 Å². The molecule has 1 aromatic heterocycles. The van der Waals surface area contributed by atoms with Crippen molar-refractivity contribution < 1.29 is 4.79 Å². The summed E-state index contributed by atoms with van der Waals surface area (Å²) >= 11 is 1.25. The van der Waals surface area contributed by atoms with Crippen molar-refractivity contribution in [1.82, 2.24) is 9.27 Å². The maximum absolute atomic E-state index is 11.4. The number of nitrogens with two attached hydrogens (primary N) is 2. The molecule has 0 aromatic carbocycles. The molecule has 0 aliphatic carbocycles. The minimum atomic E-state index is -0.502. The molecule has 7 heteroatoms. The topological polar surface area (TPSA) is 88.5 Å². The monoisotopic (exact) mass is 255 g/mol. The zero-order chi connectivity index (χ0) is 12.6. The molecule has 1 fully saturated rings. The first-order valence-corrected chi connectivity index (χ1v) is 6.28. The molecule has 1 saturated heterocycles. The second kappa shape index (κ2) is 4.50. The molecule has 0 saturated carbocycles. The van der Waals surface area contributed by atoms with Crippen molar-refractivity contribution in [2.75, 3.05) is 37.3 Å². The summed E-state index contributed by atoms with van der Waals surface area (Å²) in [5, 5.41) is 0.801. The van der Waals surface area contributed by atoms with Crippen molar-refractivity contribution in [3.63, 3.8) is 0 Å². The van der Waals surface area contributed by atoms with Gasteiger partial charge in [0.25, 0.3) is 5.91 Å². The Morgan fingerprint density at radius 2 is 2.24 bits per heavy atom. The van der Waals surface area contributed by atoms with Crippen molar-refractivity contribution in [3.05, 3.63) is 5.56 Å². The summed E-state index contributed by atoms with van der Waals surface area (Å²) in [6.45, 7) is 4.83. The zero-order valence-corrected chi connectivity index (χ0v) is 10.8. The Balaban J connectivity index is 2.26. The third-order valence-corrected chi connectivity index (χ3v) is 4.12. The van der Waals surface area contributed by atoms with Gasteiger partial charge in [-0.3, -0.25) is 4.79 Å². The summed E-state index contributed by atoms with van der Waals surface area (Å²) in [6, 6.07) is 0.438. The summed E-state index contributed by atoms with van der Waals surface area (Å²) in [5.74, 6) is -0.262. The second-order valence-corrected chi connectivity index (χ2v) is 5.14. The highest BCUT2D eigenvalue weighted by atomic mass is 32.1. The molecular formula is C10H17N5OS. The Labute approximate surface area is 104 Å². The van der Waals surface area contributed by atoms with Crippen molar-refractivity contribution in [2.24, 2.45) is 5.73 Å². The fourth-order valence-corrected chi connectivity index (χ4v) is 2.83. The van der Waals surface area contributed by atoms with Crippen molar-refractivity contribution in [3.8, 4) is 0 Å². The van der Waals surface area contributed by atoms with Crippen LogP contribution >= 0.6 is 11.5 Å². The van der Waals surface area contributed by atoms with Gasteiger partial charge in [-0.05, 0) is 25.5 Å². The van der Waals surface area contributed by atoms with Gasteiger partial charge >= 0.3 is 0 Å². The maximum Gasteiger partial charge on any atom is 0.255 e. The number of nitrogen functional groups attached to an aromatic ring is 1. The standard InChI is InChI=1S/C10H17N5OS/c1-6-5-15(4-3-14(6)2)10-7(9(12)16)8(11)13-17-10/h6H,3-5H2,1-2H3,(H2,11,13)(H2,12,16). The van der Waals surface area contributed by atoms with Crippen LogP contribution in [0.15, 0.2) is 0 Å². The molecule has 0 radical (unpaired) electrons. The van der Waals surface area contributed by atoms with Crippen LogP contribution < -0.4 is 16.4 Å². The van der Waals surface area contributed by atoms with Gasteiger partial charge in [0, 0.05) is 25.7 Å². The number of aromatic nitrogens is 1. The molecule has 2 rings (SSSR count). The van der Waals surface area contributed by atoms with Crippen LogP contribution in [0.2, 0.25) is 0 Å². The predicted molar refractivity (Wildman–Crippen MR) is 69.3 cm³/mol. The van der Waals surface area contributed by atoms with Crippen LogP contribution in [0.5, 0.6) is 0 Å².